The minimum absolute atomic E-state index is 0.00856. The molecule has 1 saturated heterocycles. The molecule has 40 heavy (non-hydrogen) atoms. The van der Waals surface area contributed by atoms with Gasteiger partial charge in [-0.15, -0.1) is 6.58 Å². The minimum Gasteiger partial charge on any atom is -0.392 e. The largest absolute Gasteiger partial charge is 0.392 e. The van der Waals surface area contributed by atoms with Crippen LogP contribution in [0.15, 0.2) is 91.6 Å². The average molecular weight is 539 g/mol. The molecule has 0 bridgehead atoms. The highest BCUT2D eigenvalue weighted by atomic mass is 16.7. The summed E-state index contributed by atoms with van der Waals surface area (Å²) in [7, 11) is 2.04. The average Bonchev–Trinajstić information content (AvgIpc) is 2.98. The zero-order valence-corrected chi connectivity index (χ0v) is 22.7. The van der Waals surface area contributed by atoms with E-state index in [1.807, 2.05) is 85.9 Å². The molecule has 4 atom stereocenters. The van der Waals surface area contributed by atoms with Gasteiger partial charge in [0.1, 0.15) is 5.69 Å². The molecule has 5 rings (SSSR count). The summed E-state index contributed by atoms with van der Waals surface area (Å²) in [5, 5.41) is 12.4. The van der Waals surface area contributed by atoms with Crippen molar-refractivity contribution in [3.63, 3.8) is 0 Å². The Bertz CT molecular complexity index is 1480. The molecule has 2 heterocycles. The Morgan fingerprint density at radius 2 is 1.82 bits per heavy atom. The second-order valence-corrected chi connectivity index (χ2v) is 10.2. The number of nitrogens with one attached hydrogen (secondary N) is 1. The number of anilines is 1. The molecule has 0 aliphatic carbocycles. The number of aliphatic hydroxyl groups excluding tert-OH is 1. The maximum Gasteiger partial charge on any atom is 0.275 e. The van der Waals surface area contributed by atoms with Crippen LogP contribution in [0.2, 0.25) is 0 Å². The van der Waals surface area contributed by atoms with Gasteiger partial charge >= 0.3 is 0 Å². The number of aliphatic hydroxyl groups is 1. The first-order valence-electron chi connectivity index (χ1n) is 13.4. The van der Waals surface area contributed by atoms with Crippen molar-refractivity contribution in [1.29, 1.82) is 0 Å². The van der Waals surface area contributed by atoms with Crippen molar-refractivity contribution < 1.29 is 19.4 Å². The van der Waals surface area contributed by atoms with Gasteiger partial charge in [-0.3, -0.25) is 9.78 Å². The van der Waals surface area contributed by atoms with Crippen LogP contribution in [-0.4, -0.2) is 52.1 Å². The molecule has 0 spiro atoms. The van der Waals surface area contributed by atoms with E-state index in [0.29, 0.717) is 17.7 Å². The van der Waals surface area contributed by atoms with E-state index in [0.717, 1.165) is 28.8 Å². The first-order valence-corrected chi connectivity index (χ1v) is 13.4. The van der Waals surface area contributed by atoms with Crippen molar-refractivity contribution in [2.75, 3.05) is 25.5 Å². The molecule has 4 aromatic rings. The number of benzene rings is 3. The number of likely N-dealkylation sites (N-methyl/N-ethyl adjacent to an activating group) is 1. The fourth-order valence-electron chi connectivity index (χ4n) is 4.95. The van der Waals surface area contributed by atoms with Crippen LogP contribution in [0.25, 0.3) is 11.0 Å². The summed E-state index contributed by atoms with van der Waals surface area (Å²) in [5.74, 6) is -0.280. The normalized spacial score (nSPS) is 20.9. The lowest BCUT2D eigenvalue weighted by molar-refractivity contribution is -0.275. The van der Waals surface area contributed by atoms with Crippen molar-refractivity contribution in [2.24, 2.45) is 5.92 Å². The molecule has 3 aromatic carbocycles. The van der Waals surface area contributed by atoms with E-state index in [4.69, 9.17) is 9.47 Å². The number of carbonyl (C=O) groups is 1. The maximum atomic E-state index is 13.0. The van der Waals surface area contributed by atoms with E-state index in [9.17, 15) is 9.90 Å². The molecule has 8 nitrogen and oxygen atoms in total. The lowest BCUT2D eigenvalue weighted by atomic mass is 9.90. The Hall–Kier alpha value is -3.95. The van der Waals surface area contributed by atoms with Gasteiger partial charge < -0.3 is 24.8 Å². The van der Waals surface area contributed by atoms with Crippen LogP contribution in [0.1, 0.15) is 46.5 Å². The molecule has 1 aliphatic rings. The second-order valence-electron chi connectivity index (χ2n) is 10.2. The molecule has 8 heteroatoms. The summed E-state index contributed by atoms with van der Waals surface area (Å²) in [6.45, 7) is 7.43. The third-order valence-corrected chi connectivity index (χ3v) is 7.15. The van der Waals surface area contributed by atoms with Crippen LogP contribution in [-0.2, 0) is 16.1 Å². The van der Waals surface area contributed by atoms with Crippen molar-refractivity contribution in [3.05, 3.63) is 114 Å². The molecule has 0 saturated carbocycles. The Labute approximate surface area is 234 Å². The highest BCUT2D eigenvalue weighted by molar-refractivity contribution is 6.03. The SMILES string of the molecule is C=CCN(C)C[C@H]1O[C@@H](c2cccc(NC(=O)c3cnc4ccccc4n3)c2)O[C@@H](c2ccc(CO)cc2)[C@H]1C. The Kier molecular flexibility index (Phi) is 8.62. The lowest BCUT2D eigenvalue weighted by Gasteiger charge is -2.42. The number of ether oxygens (including phenoxy) is 2. The van der Waals surface area contributed by atoms with Gasteiger partial charge in [-0.2, -0.15) is 0 Å². The summed E-state index contributed by atoms with van der Waals surface area (Å²) in [6.07, 6.45) is 2.38. The number of aromatic nitrogens is 2. The van der Waals surface area contributed by atoms with Gasteiger partial charge in [0, 0.05) is 30.3 Å². The van der Waals surface area contributed by atoms with E-state index in [2.05, 4.69) is 33.7 Å². The molecular weight excluding hydrogens is 504 g/mol. The number of nitrogens with zero attached hydrogens (tertiary/aromatic N) is 3. The van der Waals surface area contributed by atoms with Crippen LogP contribution in [0.5, 0.6) is 0 Å². The first-order chi connectivity index (χ1) is 19.4. The van der Waals surface area contributed by atoms with Crippen LogP contribution < -0.4 is 5.32 Å². The van der Waals surface area contributed by atoms with Gasteiger partial charge in [0.15, 0.2) is 6.29 Å². The van der Waals surface area contributed by atoms with Gasteiger partial charge in [-0.1, -0.05) is 61.5 Å². The van der Waals surface area contributed by atoms with Crippen LogP contribution >= 0.6 is 0 Å². The van der Waals surface area contributed by atoms with E-state index < -0.39 is 6.29 Å². The monoisotopic (exact) mass is 538 g/mol. The highest BCUT2D eigenvalue weighted by Gasteiger charge is 2.38. The van der Waals surface area contributed by atoms with Crippen molar-refractivity contribution >= 4 is 22.6 Å². The van der Waals surface area contributed by atoms with Gasteiger partial charge in [-0.05, 0) is 42.4 Å². The maximum absolute atomic E-state index is 13.0. The number of rotatable bonds is 9. The van der Waals surface area contributed by atoms with Gasteiger partial charge in [0.05, 0.1) is 36.0 Å². The number of hydrogen-bond donors (Lipinski definition) is 2. The molecular formula is C32H34N4O4. The van der Waals surface area contributed by atoms with E-state index in [-0.39, 0.29) is 36.3 Å². The Morgan fingerprint density at radius 1 is 1.05 bits per heavy atom. The molecule has 206 valence electrons. The number of para-hydroxylation sites is 2. The predicted octanol–water partition coefficient (Wildman–Crippen LogP) is 5.28. The summed E-state index contributed by atoms with van der Waals surface area (Å²) >= 11 is 0. The van der Waals surface area contributed by atoms with E-state index in [1.165, 1.54) is 6.20 Å². The number of hydrogen-bond acceptors (Lipinski definition) is 7. The molecule has 2 N–H and O–H groups in total. The summed E-state index contributed by atoms with van der Waals surface area (Å²) < 4.78 is 13.1. The van der Waals surface area contributed by atoms with E-state index >= 15 is 0 Å². The van der Waals surface area contributed by atoms with Crippen LogP contribution in [0.4, 0.5) is 5.69 Å². The fraction of sp³-hybridized carbons (Fsp3) is 0.281. The van der Waals surface area contributed by atoms with Crippen molar-refractivity contribution in [3.8, 4) is 0 Å². The Balaban J connectivity index is 1.38. The molecule has 1 aromatic heterocycles. The number of amides is 1. The Morgan fingerprint density at radius 3 is 2.58 bits per heavy atom. The summed E-state index contributed by atoms with van der Waals surface area (Å²) in [4.78, 5) is 24.0. The molecule has 1 aliphatic heterocycles. The molecule has 1 amide bonds. The van der Waals surface area contributed by atoms with Gasteiger partial charge in [-0.25, -0.2) is 4.98 Å². The molecule has 0 unspecified atom stereocenters. The smallest absolute Gasteiger partial charge is 0.275 e. The van der Waals surface area contributed by atoms with Gasteiger partial charge in [0.25, 0.3) is 5.91 Å². The van der Waals surface area contributed by atoms with Crippen molar-refractivity contribution in [1.82, 2.24) is 14.9 Å². The number of fused-ring (bicyclic) bond motifs is 1. The molecule has 0 radical (unpaired) electrons. The highest BCUT2D eigenvalue weighted by Crippen LogP contribution is 2.42. The second kappa shape index (κ2) is 12.5. The first kappa shape index (κ1) is 27.6. The lowest BCUT2D eigenvalue weighted by Crippen LogP contribution is -2.43. The zero-order valence-electron chi connectivity index (χ0n) is 22.7. The van der Waals surface area contributed by atoms with Gasteiger partial charge in [0.2, 0.25) is 0 Å². The summed E-state index contributed by atoms with van der Waals surface area (Å²) in [5.41, 5.74) is 4.90. The summed E-state index contributed by atoms with van der Waals surface area (Å²) in [6, 6.07) is 22.8. The van der Waals surface area contributed by atoms with Crippen LogP contribution in [0, 0.1) is 5.92 Å². The number of carbonyl (C=O) groups excluding carboxylic acids is 1. The zero-order chi connectivity index (χ0) is 28.1. The topological polar surface area (TPSA) is 96.8 Å². The third-order valence-electron chi connectivity index (χ3n) is 7.15. The van der Waals surface area contributed by atoms with Crippen molar-refractivity contribution in [2.45, 2.75) is 32.0 Å². The quantitative estimate of drug-likeness (QED) is 0.280. The fourth-order valence-corrected chi connectivity index (χ4v) is 4.95. The standard InChI is InChI=1S/C32H34N4O4/c1-4-16-36(3)19-29-21(2)30(23-14-12-22(20-37)13-15-23)40-32(39-29)24-8-7-9-25(17-24)34-31(38)28-18-33-26-10-5-6-11-27(26)35-28/h4-15,17-18,21,29-30,32,37H,1,16,19-20H2,2-3H3,(H,34,38)/t21-,29+,30+,32+/m0/s1. The predicted molar refractivity (Wildman–Crippen MR) is 155 cm³/mol. The third kappa shape index (κ3) is 6.26. The van der Waals surface area contributed by atoms with Crippen LogP contribution in [0.3, 0.4) is 0 Å². The molecule has 1 fully saturated rings. The minimum atomic E-state index is -0.641. The van der Waals surface area contributed by atoms with E-state index in [1.54, 1.807) is 0 Å².